The normalized spacial score (nSPS) is 17.5. The summed E-state index contributed by atoms with van der Waals surface area (Å²) in [4.78, 5) is 0. The lowest BCUT2D eigenvalue weighted by Gasteiger charge is -2.05. The molecule has 1 aliphatic rings. The van der Waals surface area contributed by atoms with Crippen molar-refractivity contribution in [3.05, 3.63) is 22.8 Å². The van der Waals surface area contributed by atoms with Crippen molar-refractivity contribution in [3.8, 4) is 0 Å². The van der Waals surface area contributed by atoms with Crippen molar-refractivity contribution in [2.24, 2.45) is 0 Å². The highest BCUT2D eigenvalue weighted by atomic mass is 14.2. The summed E-state index contributed by atoms with van der Waals surface area (Å²) >= 11 is 0. The Morgan fingerprint density at radius 3 is 2.64 bits per heavy atom. The standard InChI is InChI=1S/C11H17/c1-4-6-10-8-7-9(3)11(10)5-2/h4-7H2,1-3H3. The summed E-state index contributed by atoms with van der Waals surface area (Å²) < 4.78 is 0. The zero-order valence-electron chi connectivity index (χ0n) is 7.83. The second-order valence-electron chi connectivity index (χ2n) is 3.19. The van der Waals surface area contributed by atoms with Crippen molar-refractivity contribution in [2.75, 3.05) is 0 Å². The zero-order chi connectivity index (χ0) is 8.27. The van der Waals surface area contributed by atoms with E-state index in [-0.39, 0.29) is 0 Å². The lowest BCUT2D eigenvalue weighted by Crippen LogP contribution is -1.85. The Hall–Kier alpha value is -0.520. The third kappa shape index (κ3) is 1.74. The maximum absolute atomic E-state index is 3.45. The Balaban J connectivity index is 2.68. The molecule has 0 saturated carbocycles. The minimum absolute atomic E-state index is 1.08. The van der Waals surface area contributed by atoms with Gasteiger partial charge in [-0.1, -0.05) is 25.8 Å². The fraction of sp³-hybridized carbons (Fsp3) is 0.636. The summed E-state index contributed by atoms with van der Waals surface area (Å²) in [6, 6.07) is 0. The molecule has 0 aromatic rings. The molecule has 11 heavy (non-hydrogen) atoms. The molecule has 0 atom stereocenters. The van der Waals surface area contributed by atoms with Crippen molar-refractivity contribution in [1.29, 1.82) is 0 Å². The van der Waals surface area contributed by atoms with Crippen molar-refractivity contribution in [2.45, 2.75) is 46.5 Å². The summed E-state index contributed by atoms with van der Waals surface area (Å²) in [7, 11) is 0. The third-order valence-electron chi connectivity index (χ3n) is 2.30. The second kappa shape index (κ2) is 3.75. The summed E-state index contributed by atoms with van der Waals surface area (Å²) in [5.74, 6) is 0. The molecular formula is C11H17. The minimum atomic E-state index is 1.08. The van der Waals surface area contributed by atoms with Gasteiger partial charge in [0.25, 0.3) is 0 Å². The van der Waals surface area contributed by atoms with Gasteiger partial charge in [-0.15, -0.1) is 0 Å². The van der Waals surface area contributed by atoms with Crippen LogP contribution < -0.4 is 0 Å². The Labute approximate surface area is 70.0 Å². The molecule has 0 nitrogen and oxygen atoms in total. The molecule has 1 aliphatic carbocycles. The van der Waals surface area contributed by atoms with Gasteiger partial charge in [0.05, 0.1) is 0 Å². The maximum Gasteiger partial charge on any atom is -0.00582 e. The van der Waals surface area contributed by atoms with Gasteiger partial charge < -0.3 is 0 Å². The van der Waals surface area contributed by atoms with E-state index in [1.54, 1.807) is 5.57 Å². The molecule has 0 bridgehead atoms. The highest BCUT2D eigenvalue weighted by Crippen LogP contribution is 2.30. The van der Waals surface area contributed by atoms with Gasteiger partial charge in [0, 0.05) is 0 Å². The largest absolute Gasteiger partial charge is 0.0654 e. The fourth-order valence-corrected chi connectivity index (χ4v) is 1.71. The van der Waals surface area contributed by atoms with E-state index in [0.717, 1.165) is 6.42 Å². The van der Waals surface area contributed by atoms with Crippen LogP contribution >= 0.6 is 0 Å². The van der Waals surface area contributed by atoms with E-state index in [1.807, 2.05) is 0 Å². The first-order chi connectivity index (χ1) is 5.29. The van der Waals surface area contributed by atoms with Crippen LogP contribution in [0.5, 0.6) is 0 Å². The lowest BCUT2D eigenvalue weighted by molar-refractivity contribution is 0.894. The topological polar surface area (TPSA) is 0 Å². The second-order valence-corrected chi connectivity index (χ2v) is 3.19. The molecule has 0 unspecified atom stereocenters. The number of hydrogen-bond acceptors (Lipinski definition) is 0. The van der Waals surface area contributed by atoms with Crippen LogP contribution in [-0.4, -0.2) is 0 Å². The van der Waals surface area contributed by atoms with E-state index in [1.165, 1.54) is 30.4 Å². The SMILES string of the molecule is CCCC1=[C]CC(C)=C1CC. The van der Waals surface area contributed by atoms with E-state index in [9.17, 15) is 0 Å². The Kier molecular flexibility index (Phi) is 2.92. The van der Waals surface area contributed by atoms with Crippen LogP contribution in [-0.2, 0) is 0 Å². The number of allylic oxidation sites excluding steroid dienone is 4. The highest BCUT2D eigenvalue weighted by Gasteiger charge is 2.11. The molecular weight excluding hydrogens is 132 g/mol. The van der Waals surface area contributed by atoms with E-state index in [4.69, 9.17) is 0 Å². The molecule has 0 saturated heterocycles. The predicted octanol–water partition coefficient (Wildman–Crippen LogP) is 3.65. The molecule has 61 valence electrons. The van der Waals surface area contributed by atoms with Gasteiger partial charge in [-0.3, -0.25) is 0 Å². The number of rotatable bonds is 3. The van der Waals surface area contributed by atoms with Crippen molar-refractivity contribution in [3.63, 3.8) is 0 Å². The molecule has 0 spiro atoms. The van der Waals surface area contributed by atoms with Crippen molar-refractivity contribution < 1.29 is 0 Å². The smallest absolute Gasteiger partial charge is 0.00582 e. The molecule has 0 amide bonds. The summed E-state index contributed by atoms with van der Waals surface area (Å²) in [6.45, 7) is 6.70. The maximum atomic E-state index is 3.45. The molecule has 0 aliphatic heterocycles. The van der Waals surface area contributed by atoms with Crippen LogP contribution in [0, 0.1) is 6.08 Å². The molecule has 0 heterocycles. The monoisotopic (exact) mass is 149 g/mol. The quantitative estimate of drug-likeness (QED) is 0.574. The van der Waals surface area contributed by atoms with Crippen LogP contribution in [0.3, 0.4) is 0 Å². The van der Waals surface area contributed by atoms with Gasteiger partial charge in [-0.25, -0.2) is 0 Å². The molecule has 0 aromatic heterocycles. The fourth-order valence-electron chi connectivity index (χ4n) is 1.71. The van der Waals surface area contributed by atoms with Gasteiger partial charge in [-0.05, 0) is 43.4 Å². The predicted molar refractivity (Wildman–Crippen MR) is 49.3 cm³/mol. The van der Waals surface area contributed by atoms with Gasteiger partial charge in [-0.2, -0.15) is 0 Å². The van der Waals surface area contributed by atoms with E-state index < -0.39 is 0 Å². The summed E-state index contributed by atoms with van der Waals surface area (Å²) in [5.41, 5.74) is 4.61. The minimum Gasteiger partial charge on any atom is -0.0654 e. The first-order valence-corrected chi connectivity index (χ1v) is 4.58. The van der Waals surface area contributed by atoms with Crippen LogP contribution in [0.25, 0.3) is 0 Å². The van der Waals surface area contributed by atoms with Crippen LogP contribution in [0.4, 0.5) is 0 Å². The van der Waals surface area contributed by atoms with Crippen molar-refractivity contribution in [1.82, 2.24) is 0 Å². The third-order valence-corrected chi connectivity index (χ3v) is 2.30. The van der Waals surface area contributed by atoms with Gasteiger partial charge in [0.2, 0.25) is 0 Å². The van der Waals surface area contributed by atoms with Crippen LogP contribution in [0.2, 0.25) is 0 Å². The molecule has 1 rings (SSSR count). The van der Waals surface area contributed by atoms with Gasteiger partial charge in [0.1, 0.15) is 0 Å². The average molecular weight is 149 g/mol. The summed E-state index contributed by atoms with van der Waals surface area (Å²) in [5, 5.41) is 0. The highest BCUT2D eigenvalue weighted by molar-refractivity contribution is 5.38. The zero-order valence-corrected chi connectivity index (χ0v) is 7.83. The molecule has 0 N–H and O–H groups in total. The average Bonchev–Trinajstić information content (AvgIpc) is 2.33. The number of hydrogen-bond donors (Lipinski definition) is 0. The molecule has 1 radical (unpaired) electrons. The van der Waals surface area contributed by atoms with Gasteiger partial charge in [0.15, 0.2) is 0 Å². The van der Waals surface area contributed by atoms with E-state index in [0.29, 0.717) is 0 Å². The molecule has 0 fully saturated rings. The van der Waals surface area contributed by atoms with E-state index >= 15 is 0 Å². The van der Waals surface area contributed by atoms with Crippen molar-refractivity contribution >= 4 is 0 Å². The van der Waals surface area contributed by atoms with Crippen LogP contribution in [0.1, 0.15) is 46.5 Å². The van der Waals surface area contributed by atoms with E-state index in [2.05, 4.69) is 26.8 Å². The molecule has 0 aromatic carbocycles. The summed E-state index contributed by atoms with van der Waals surface area (Å²) in [6.07, 6.45) is 8.19. The first-order valence-electron chi connectivity index (χ1n) is 4.58. The Morgan fingerprint density at radius 2 is 2.09 bits per heavy atom. The van der Waals surface area contributed by atoms with Crippen LogP contribution in [0.15, 0.2) is 16.7 Å². The molecule has 0 heteroatoms. The Bertz CT molecular complexity index is 194. The first kappa shape index (κ1) is 8.58. The Morgan fingerprint density at radius 1 is 1.36 bits per heavy atom. The van der Waals surface area contributed by atoms with Gasteiger partial charge >= 0.3 is 0 Å². The lowest BCUT2D eigenvalue weighted by atomic mass is 10.0.